The van der Waals surface area contributed by atoms with Crippen LogP contribution in [0.15, 0.2) is 47.6 Å². The minimum Gasteiger partial charge on any atom is -0.435 e. The molecule has 1 aliphatic heterocycles. The lowest BCUT2D eigenvalue weighted by atomic mass is 10.2. The van der Waals surface area contributed by atoms with E-state index in [1.165, 1.54) is 12.1 Å². The first-order chi connectivity index (χ1) is 14.6. The predicted octanol–water partition coefficient (Wildman–Crippen LogP) is 2.73. The van der Waals surface area contributed by atoms with Gasteiger partial charge >= 0.3 is 6.61 Å². The molecule has 1 N–H and O–H groups in total. The van der Waals surface area contributed by atoms with Crippen LogP contribution in [0.1, 0.15) is 11.1 Å². The number of pyridine rings is 1. The van der Waals surface area contributed by atoms with Gasteiger partial charge in [0.05, 0.1) is 13.2 Å². The molecule has 2 aromatic rings. The number of anilines is 1. The maximum Gasteiger partial charge on any atom is 0.387 e. The fraction of sp³-hybridized carbons (Fsp3) is 0.429. The van der Waals surface area contributed by atoms with Crippen LogP contribution in [-0.4, -0.2) is 62.9 Å². The van der Waals surface area contributed by atoms with E-state index in [0.717, 1.165) is 36.0 Å². The number of benzene rings is 1. The van der Waals surface area contributed by atoms with E-state index in [4.69, 9.17) is 4.74 Å². The maximum atomic E-state index is 12.3. The second-order valence-electron chi connectivity index (χ2n) is 6.86. The number of aliphatic imine (C=N–C) groups is 1. The van der Waals surface area contributed by atoms with Crippen LogP contribution in [-0.2, 0) is 17.8 Å². The molecule has 1 fully saturated rings. The van der Waals surface area contributed by atoms with Crippen LogP contribution in [0.25, 0.3) is 0 Å². The molecule has 0 bridgehead atoms. The van der Waals surface area contributed by atoms with Crippen LogP contribution in [0.5, 0.6) is 5.75 Å². The van der Waals surface area contributed by atoms with Crippen LogP contribution in [0.3, 0.4) is 0 Å². The van der Waals surface area contributed by atoms with Gasteiger partial charge < -0.3 is 24.6 Å². The first-order valence-corrected chi connectivity index (χ1v) is 9.79. The lowest BCUT2D eigenvalue weighted by Crippen LogP contribution is -2.40. The highest BCUT2D eigenvalue weighted by molar-refractivity contribution is 5.79. The summed E-state index contributed by atoms with van der Waals surface area (Å²) in [5.41, 5.74) is 2.04. The molecule has 0 unspecified atom stereocenters. The predicted molar refractivity (Wildman–Crippen MR) is 112 cm³/mol. The fourth-order valence-corrected chi connectivity index (χ4v) is 3.31. The molecular weight excluding hydrogens is 392 g/mol. The van der Waals surface area contributed by atoms with Gasteiger partial charge in [-0.25, -0.2) is 4.98 Å². The van der Waals surface area contributed by atoms with Gasteiger partial charge in [0.25, 0.3) is 0 Å². The highest BCUT2D eigenvalue weighted by atomic mass is 19.3. The van der Waals surface area contributed by atoms with Crippen molar-refractivity contribution in [1.29, 1.82) is 0 Å². The number of nitrogens with zero attached hydrogens (tertiary/aromatic N) is 4. The zero-order valence-corrected chi connectivity index (χ0v) is 17.2. The minimum atomic E-state index is -2.82. The molecule has 162 valence electrons. The van der Waals surface area contributed by atoms with Crippen molar-refractivity contribution in [3.05, 3.63) is 53.7 Å². The molecule has 7 nitrogen and oxygen atoms in total. The summed E-state index contributed by atoms with van der Waals surface area (Å²) in [5, 5.41) is 3.38. The summed E-state index contributed by atoms with van der Waals surface area (Å²) in [4.78, 5) is 13.1. The summed E-state index contributed by atoms with van der Waals surface area (Å²) in [5.74, 6) is 1.83. The van der Waals surface area contributed by atoms with Gasteiger partial charge in [-0.3, -0.25) is 4.99 Å². The number of morpholine rings is 1. The Morgan fingerprint density at radius 1 is 1.27 bits per heavy atom. The largest absolute Gasteiger partial charge is 0.435 e. The second-order valence-corrected chi connectivity index (χ2v) is 6.86. The molecule has 1 aromatic carbocycles. The molecule has 1 aliphatic rings. The van der Waals surface area contributed by atoms with Crippen molar-refractivity contribution >= 4 is 11.8 Å². The molecule has 1 saturated heterocycles. The number of aromatic nitrogens is 1. The Hall–Kier alpha value is -2.94. The summed E-state index contributed by atoms with van der Waals surface area (Å²) in [6.45, 7) is 1.38. The number of nitrogens with one attached hydrogen (secondary N) is 1. The molecule has 0 spiro atoms. The number of halogens is 2. The van der Waals surface area contributed by atoms with E-state index < -0.39 is 6.61 Å². The first-order valence-electron chi connectivity index (χ1n) is 9.79. The Labute approximate surface area is 175 Å². The zero-order chi connectivity index (χ0) is 21.3. The molecule has 0 saturated carbocycles. The number of ether oxygens (including phenoxy) is 2. The van der Waals surface area contributed by atoms with Crippen molar-refractivity contribution in [2.45, 2.75) is 19.7 Å². The lowest BCUT2D eigenvalue weighted by Gasteiger charge is -2.30. The standard InChI is InChI=1S/C21H27F2N5O2/c1-24-21(27(2)15-16-5-7-18(8-6-16)30-20(22)23)26-14-17-4-3-9-25-19(17)28-10-12-29-13-11-28/h3-9,20H,10-15H2,1-2H3,(H,24,26). The normalized spacial score (nSPS) is 14.7. The topological polar surface area (TPSA) is 62.2 Å². The Morgan fingerprint density at radius 3 is 2.67 bits per heavy atom. The molecule has 9 heteroatoms. The number of guanidine groups is 1. The first kappa shape index (κ1) is 21.8. The number of hydrogen-bond acceptors (Lipinski definition) is 5. The third kappa shape index (κ3) is 6.03. The van der Waals surface area contributed by atoms with E-state index in [9.17, 15) is 8.78 Å². The molecule has 2 heterocycles. The van der Waals surface area contributed by atoms with Crippen molar-refractivity contribution in [1.82, 2.24) is 15.2 Å². The smallest absolute Gasteiger partial charge is 0.387 e. The van der Waals surface area contributed by atoms with E-state index in [1.807, 2.05) is 18.0 Å². The van der Waals surface area contributed by atoms with Crippen molar-refractivity contribution in [2.75, 3.05) is 45.3 Å². The maximum absolute atomic E-state index is 12.3. The number of hydrogen-bond donors (Lipinski definition) is 1. The Balaban J connectivity index is 1.59. The van der Waals surface area contributed by atoms with Crippen molar-refractivity contribution in [2.24, 2.45) is 4.99 Å². The van der Waals surface area contributed by atoms with Gasteiger partial charge in [0.2, 0.25) is 0 Å². The van der Waals surface area contributed by atoms with Gasteiger partial charge in [0.1, 0.15) is 11.6 Å². The Kier molecular flexibility index (Phi) is 7.78. The Bertz CT molecular complexity index is 826. The van der Waals surface area contributed by atoms with Gasteiger partial charge in [-0.2, -0.15) is 8.78 Å². The van der Waals surface area contributed by atoms with E-state index in [2.05, 4.69) is 31.0 Å². The minimum absolute atomic E-state index is 0.145. The van der Waals surface area contributed by atoms with Gasteiger partial charge in [-0.1, -0.05) is 18.2 Å². The summed E-state index contributed by atoms with van der Waals surface area (Å²) in [6.07, 6.45) is 1.80. The van der Waals surface area contributed by atoms with Crippen LogP contribution in [0.4, 0.5) is 14.6 Å². The SMILES string of the molecule is CN=C(NCc1cccnc1N1CCOCC1)N(C)Cc1ccc(OC(F)F)cc1. The van der Waals surface area contributed by atoms with Gasteiger partial charge in [-0.15, -0.1) is 0 Å². The number of alkyl halides is 2. The molecule has 0 aliphatic carbocycles. The Morgan fingerprint density at radius 2 is 2.00 bits per heavy atom. The highest BCUT2D eigenvalue weighted by Gasteiger charge is 2.16. The van der Waals surface area contributed by atoms with Crippen LogP contribution in [0, 0.1) is 0 Å². The van der Waals surface area contributed by atoms with E-state index in [-0.39, 0.29) is 5.75 Å². The fourth-order valence-electron chi connectivity index (χ4n) is 3.31. The highest BCUT2D eigenvalue weighted by Crippen LogP contribution is 2.19. The molecular formula is C21H27F2N5O2. The van der Waals surface area contributed by atoms with E-state index in [1.54, 1.807) is 25.4 Å². The third-order valence-corrected chi connectivity index (χ3v) is 4.76. The average molecular weight is 419 g/mol. The summed E-state index contributed by atoms with van der Waals surface area (Å²) in [6, 6.07) is 10.6. The van der Waals surface area contributed by atoms with E-state index in [0.29, 0.717) is 26.3 Å². The molecule has 3 rings (SSSR count). The van der Waals surface area contributed by atoms with E-state index >= 15 is 0 Å². The second kappa shape index (κ2) is 10.7. The van der Waals surface area contributed by atoms with Crippen LogP contribution >= 0.6 is 0 Å². The zero-order valence-electron chi connectivity index (χ0n) is 17.2. The lowest BCUT2D eigenvalue weighted by molar-refractivity contribution is -0.0498. The van der Waals surface area contributed by atoms with Gasteiger partial charge in [-0.05, 0) is 23.8 Å². The van der Waals surface area contributed by atoms with Gasteiger partial charge in [0.15, 0.2) is 5.96 Å². The van der Waals surface area contributed by atoms with Crippen molar-refractivity contribution in [3.63, 3.8) is 0 Å². The molecule has 0 radical (unpaired) electrons. The quantitative estimate of drug-likeness (QED) is 0.550. The monoisotopic (exact) mass is 419 g/mol. The summed E-state index contributed by atoms with van der Waals surface area (Å²) < 4.78 is 34.4. The average Bonchev–Trinajstić information content (AvgIpc) is 2.76. The summed E-state index contributed by atoms with van der Waals surface area (Å²) >= 11 is 0. The molecule has 30 heavy (non-hydrogen) atoms. The molecule has 1 aromatic heterocycles. The molecule has 0 amide bonds. The van der Waals surface area contributed by atoms with Crippen LogP contribution in [0.2, 0.25) is 0 Å². The van der Waals surface area contributed by atoms with Crippen molar-refractivity contribution < 1.29 is 18.3 Å². The third-order valence-electron chi connectivity index (χ3n) is 4.76. The molecule has 0 atom stereocenters. The number of rotatable bonds is 7. The summed E-state index contributed by atoms with van der Waals surface area (Å²) in [7, 11) is 3.65. The van der Waals surface area contributed by atoms with Crippen LogP contribution < -0.4 is 15.0 Å². The van der Waals surface area contributed by atoms with Gasteiger partial charge in [0, 0.05) is 52.0 Å². The van der Waals surface area contributed by atoms with Crippen molar-refractivity contribution in [3.8, 4) is 5.75 Å².